The van der Waals surface area contributed by atoms with E-state index in [-0.39, 0.29) is 23.9 Å². The lowest BCUT2D eigenvalue weighted by Crippen LogP contribution is -2.56. The summed E-state index contributed by atoms with van der Waals surface area (Å²) in [4.78, 5) is 25.8. The highest BCUT2D eigenvalue weighted by atomic mass is 16.2. The third-order valence-electron chi connectivity index (χ3n) is 4.16. The van der Waals surface area contributed by atoms with Crippen LogP contribution in [-0.4, -0.2) is 41.9 Å². The van der Waals surface area contributed by atoms with Gasteiger partial charge in [0.05, 0.1) is 0 Å². The van der Waals surface area contributed by atoms with Gasteiger partial charge in [-0.05, 0) is 19.3 Å². The Kier molecular flexibility index (Phi) is 5.57. The predicted molar refractivity (Wildman–Crippen MR) is 80.0 cm³/mol. The molecule has 3 N–H and O–H groups in total. The Morgan fingerprint density at radius 2 is 1.90 bits per heavy atom. The fraction of sp³-hybridized carbons (Fsp3) is 0.867. The van der Waals surface area contributed by atoms with Gasteiger partial charge in [0.15, 0.2) is 0 Å². The van der Waals surface area contributed by atoms with Gasteiger partial charge in [0.2, 0.25) is 11.8 Å². The third-order valence-corrected chi connectivity index (χ3v) is 4.16. The summed E-state index contributed by atoms with van der Waals surface area (Å²) in [5, 5.41) is 2.81. The van der Waals surface area contributed by atoms with Crippen molar-refractivity contribution in [3.8, 4) is 0 Å². The van der Waals surface area contributed by atoms with Gasteiger partial charge in [-0.15, -0.1) is 0 Å². The van der Waals surface area contributed by atoms with Crippen LogP contribution in [0, 0.1) is 11.3 Å². The molecule has 1 aliphatic rings. The molecule has 0 saturated carbocycles. The standard InChI is InChI=1S/C15H29N3O2/c1-10-7-9-18(11(2)13(10)16)12(19)6-8-17-14(20)15(3,4)5/h10-11,13H,6-9,16H2,1-5H3,(H,17,20)/t10-,11-,13-/m0/s1. The van der Waals surface area contributed by atoms with E-state index in [4.69, 9.17) is 5.73 Å². The number of hydrogen-bond acceptors (Lipinski definition) is 3. The fourth-order valence-electron chi connectivity index (χ4n) is 2.47. The predicted octanol–water partition coefficient (Wildman–Crippen LogP) is 1.12. The SMILES string of the molecule is C[C@H]1CCN(C(=O)CCNC(=O)C(C)(C)C)[C@@H](C)[C@H]1N. The Morgan fingerprint density at radius 3 is 2.45 bits per heavy atom. The van der Waals surface area contributed by atoms with Gasteiger partial charge < -0.3 is 16.0 Å². The Morgan fingerprint density at radius 1 is 1.30 bits per heavy atom. The minimum Gasteiger partial charge on any atom is -0.355 e. The average molecular weight is 283 g/mol. The summed E-state index contributed by atoms with van der Waals surface area (Å²) in [6.07, 6.45) is 1.29. The van der Waals surface area contributed by atoms with Crippen molar-refractivity contribution in [1.82, 2.24) is 10.2 Å². The van der Waals surface area contributed by atoms with Crippen LogP contribution in [0.25, 0.3) is 0 Å². The maximum atomic E-state index is 12.2. The van der Waals surface area contributed by atoms with Crippen LogP contribution in [0.4, 0.5) is 0 Å². The van der Waals surface area contributed by atoms with Crippen molar-refractivity contribution in [2.45, 2.75) is 59.5 Å². The van der Waals surface area contributed by atoms with Crippen molar-refractivity contribution in [3.05, 3.63) is 0 Å². The van der Waals surface area contributed by atoms with Gasteiger partial charge in [0, 0.05) is 37.0 Å². The summed E-state index contributed by atoms with van der Waals surface area (Å²) in [5.74, 6) is 0.506. The molecule has 2 amide bonds. The zero-order chi connectivity index (χ0) is 15.5. The van der Waals surface area contributed by atoms with E-state index < -0.39 is 5.41 Å². The molecule has 0 aromatic rings. The van der Waals surface area contributed by atoms with Gasteiger partial charge in [-0.25, -0.2) is 0 Å². The van der Waals surface area contributed by atoms with E-state index in [1.165, 1.54) is 0 Å². The summed E-state index contributed by atoms with van der Waals surface area (Å²) in [5.41, 5.74) is 5.70. The normalized spacial score (nSPS) is 27.3. The van der Waals surface area contributed by atoms with Gasteiger partial charge >= 0.3 is 0 Å². The summed E-state index contributed by atoms with van der Waals surface area (Å²) in [6, 6.07) is 0.112. The molecule has 1 fully saturated rings. The molecular formula is C15H29N3O2. The molecule has 0 aromatic carbocycles. The number of nitrogens with zero attached hydrogens (tertiary/aromatic N) is 1. The van der Waals surface area contributed by atoms with E-state index in [0.29, 0.717) is 18.9 Å². The molecule has 5 heteroatoms. The number of likely N-dealkylation sites (tertiary alicyclic amines) is 1. The molecule has 0 bridgehead atoms. The number of piperidine rings is 1. The van der Waals surface area contributed by atoms with Crippen molar-refractivity contribution in [2.75, 3.05) is 13.1 Å². The zero-order valence-corrected chi connectivity index (χ0v) is 13.4. The van der Waals surface area contributed by atoms with Gasteiger partial charge in [0.25, 0.3) is 0 Å². The molecule has 0 spiro atoms. The maximum absolute atomic E-state index is 12.2. The Hall–Kier alpha value is -1.10. The molecule has 0 unspecified atom stereocenters. The molecule has 0 aliphatic carbocycles. The van der Waals surface area contributed by atoms with Crippen molar-refractivity contribution >= 4 is 11.8 Å². The first-order valence-corrected chi connectivity index (χ1v) is 7.48. The van der Waals surface area contributed by atoms with E-state index in [0.717, 1.165) is 13.0 Å². The van der Waals surface area contributed by atoms with E-state index >= 15 is 0 Å². The third kappa shape index (κ3) is 4.20. The number of amides is 2. The van der Waals surface area contributed by atoms with E-state index in [9.17, 15) is 9.59 Å². The number of carbonyl (C=O) groups excluding carboxylic acids is 2. The second-order valence-corrected chi connectivity index (χ2v) is 6.93. The van der Waals surface area contributed by atoms with Gasteiger partial charge in [-0.3, -0.25) is 9.59 Å². The molecule has 20 heavy (non-hydrogen) atoms. The Balaban J connectivity index is 2.42. The van der Waals surface area contributed by atoms with Crippen LogP contribution in [0.3, 0.4) is 0 Å². The van der Waals surface area contributed by atoms with Crippen LogP contribution in [0.2, 0.25) is 0 Å². The van der Waals surface area contributed by atoms with E-state index in [1.807, 2.05) is 32.6 Å². The highest BCUT2D eigenvalue weighted by molar-refractivity contribution is 5.82. The number of carbonyl (C=O) groups is 2. The second kappa shape index (κ2) is 6.57. The quantitative estimate of drug-likeness (QED) is 0.815. The lowest BCUT2D eigenvalue weighted by molar-refractivity contribution is -0.135. The summed E-state index contributed by atoms with van der Waals surface area (Å²) in [7, 11) is 0. The minimum atomic E-state index is -0.417. The number of nitrogens with one attached hydrogen (secondary N) is 1. The molecule has 5 nitrogen and oxygen atoms in total. The van der Waals surface area contributed by atoms with Crippen molar-refractivity contribution < 1.29 is 9.59 Å². The van der Waals surface area contributed by atoms with E-state index in [2.05, 4.69) is 12.2 Å². The second-order valence-electron chi connectivity index (χ2n) is 6.93. The number of rotatable bonds is 3. The van der Waals surface area contributed by atoms with Crippen LogP contribution in [-0.2, 0) is 9.59 Å². The smallest absolute Gasteiger partial charge is 0.225 e. The molecule has 1 saturated heterocycles. The largest absolute Gasteiger partial charge is 0.355 e. The first-order chi connectivity index (χ1) is 9.14. The van der Waals surface area contributed by atoms with Crippen LogP contribution in [0.1, 0.15) is 47.5 Å². The van der Waals surface area contributed by atoms with Crippen LogP contribution in [0.15, 0.2) is 0 Å². The lowest BCUT2D eigenvalue weighted by Gasteiger charge is -2.41. The van der Waals surface area contributed by atoms with Crippen molar-refractivity contribution in [1.29, 1.82) is 0 Å². The molecule has 3 atom stereocenters. The molecule has 0 radical (unpaired) electrons. The monoisotopic (exact) mass is 283 g/mol. The Bertz CT molecular complexity index is 363. The van der Waals surface area contributed by atoms with Gasteiger partial charge in [-0.1, -0.05) is 27.7 Å². The maximum Gasteiger partial charge on any atom is 0.225 e. The number of nitrogens with two attached hydrogens (primary N) is 1. The first-order valence-electron chi connectivity index (χ1n) is 7.48. The van der Waals surface area contributed by atoms with Crippen LogP contribution < -0.4 is 11.1 Å². The molecule has 1 heterocycles. The molecular weight excluding hydrogens is 254 g/mol. The average Bonchev–Trinajstić information content (AvgIpc) is 2.34. The fourth-order valence-corrected chi connectivity index (χ4v) is 2.47. The summed E-state index contributed by atoms with van der Waals surface area (Å²) < 4.78 is 0. The topological polar surface area (TPSA) is 75.4 Å². The van der Waals surface area contributed by atoms with Gasteiger partial charge in [-0.2, -0.15) is 0 Å². The molecule has 1 rings (SSSR count). The summed E-state index contributed by atoms with van der Waals surface area (Å²) in [6.45, 7) is 10.9. The lowest BCUT2D eigenvalue weighted by atomic mass is 9.88. The van der Waals surface area contributed by atoms with Gasteiger partial charge in [0.1, 0.15) is 0 Å². The highest BCUT2D eigenvalue weighted by Gasteiger charge is 2.32. The zero-order valence-electron chi connectivity index (χ0n) is 13.4. The number of hydrogen-bond donors (Lipinski definition) is 2. The highest BCUT2D eigenvalue weighted by Crippen LogP contribution is 2.22. The Labute approximate surface area is 122 Å². The summed E-state index contributed by atoms with van der Waals surface area (Å²) >= 11 is 0. The van der Waals surface area contributed by atoms with Crippen molar-refractivity contribution in [3.63, 3.8) is 0 Å². The molecule has 0 aromatic heterocycles. The minimum absolute atomic E-state index is 0.0256. The van der Waals surface area contributed by atoms with Crippen molar-refractivity contribution in [2.24, 2.45) is 17.1 Å². The van der Waals surface area contributed by atoms with E-state index in [1.54, 1.807) is 0 Å². The molecule has 116 valence electrons. The molecule has 1 aliphatic heterocycles. The first kappa shape index (κ1) is 17.0. The van der Waals surface area contributed by atoms with Crippen LogP contribution in [0.5, 0.6) is 0 Å². The van der Waals surface area contributed by atoms with Crippen LogP contribution >= 0.6 is 0 Å².